The molecule has 2 rings (SSSR count). The molecule has 2 aliphatic heterocycles. The van der Waals surface area contributed by atoms with E-state index < -0.39 is 18.0 Å². The monoisotopic (exact) mass is 199 g/mol. The van der Waals surface area contributed by atoms with Crippen LogP contribution in [-0.4, -0.2) is 41.9 Å². The number of hydrogen-bond donors (Lipinski definition) is 1. The first-order valence-corrected chi connectivity index (χ1v) is 4.59. The molecule has 14 heavy (non-hydrogen) atoms. The van der Waals surface area contributed by atoms with Crippen molar-refractivity contribution in [3.05, 3.63) is 0 Å². The lowest BCUT2D eigenvalue weighted by atomic mass is 10.1. The lowest BCUT2D eigenvalue weighted by Crippen LogP contribution is -2.31. The van der Waals surface area contributed by atoms with E-state index in [4.69, 9.17) is 24.6 Å². The zero-order valence-corrected chi connectivity index (χ0v) is 8.14. The van der Waals surface area contributed by atoms with E-state index >= 15 is 0 Å². The molecule has 2 fully saturated rings. The molecule has 0 bridgehead atoms. The summed E-state index contributed by atoms with van der Waals surface area (Å²) in [6, 6.07) is 2.00. The molecule has 2 aliphatic rings. The molecule has 4 atom stereocenters. The Bertz CT molecular complexity index is 272. The molecule has 5 heteroatoms. The predicted molar refractivity (Wildman–Crippen MR) is 45.2 cm³/mol. The van der Waals surface area contributed by atoms with Gasteiger partial charge in [-0.05, 0) is 13.8 Å². The molecular formula is C9H13NO4. The molecule has 0 aromatic rings. The zero-order chi connectivity index (χ0) is 10.3. The minimum Gasteiger partial charge on any atom is -0.394 e. The average molecular weight is 199 g/mol. The summed E-state index contributed by atoms with van der Waals surface area (Å²) < 4.78 is 16.3. The highest BCUT2D eigenvalue weighted by atomic mass is 16.8. The maximum Gasteiger partial charge on any atom is 0.173 e. The minimum absolute atomic E-state index is 0.154. The van der Waals surface area contributed by atoms with Crippen molar-refractivity contribution in [1.82, 2.24) is 0 Å². The number of aliphatic hydroxyl groups is 1. The highest BCUT2D eigenvalue weighted by molar-refractivity contribution is 5.06. The van der Waals surface area contributed by atoms with Gasteiger partial charge in [-0.15, -0.1) is 0 Å². The molecule has 2 saturated heterocycles. The number of rotatable bonds is 1. The maximum atomic E-state index is 9.03. The lowest BCUT2D eigenvalue weighted by molar-refractivity contribution is -0.184. The third kappa shape index (κ3) is 1.41. The largest absolute Gasteiger partial charge is 0.394 e. The van der Waals surface area contributed by atoms with Crippen LogP contribution in [0.25, 0.3) is 0 Å². The Morgan fingerprint density at radius 2 is 2.00 bits per heavy atom. The van der Waals surface area contributed by atoms with E-state index in [1.165, 1.54) is 0 Å². The zero-order valence-electron chi connectivity index (χ0n) is 8.14. The summed E-state index contributed by atoms with van der Waals surface area (Å²) >= 11 is 0. The first-order valence-electron chi connectivity index (χ1n) is 4.59. The fourth-order valence-corrected chi connectivity index (χ4v) is 1.93. The van der Waals surface area contributed by atoms with Crippen molar-refractivity contribution < 1.29 is 19.3 Å². The summed E-state index contributed by atoms with van der Waals surface area (Å²) in [5.41, 5.74) is 0. The second kappa shape index (κ2) is 3.17. The molecule has 1 unspecified atom stereocenters. The van der Waals surface area contributed by atoms with E-state index in [1.54, 1.807) is 13.8 Å². The molecule has 0 saturated carbocycles. The van der Waals surface area contributed by atoms with Crippen LogP contribution < -0.4 is 0 Å². The molecule has 0 amide bonds. The van der Waals surface area contributed by atoms with Crippen molar-refractivity contribution in [2.45, 2.75) is 44.1 Å². The molecule has 0 aromatic heterocycles. The van der Waals surface area contributed by atoms with Crippen molar-refractivity contribution in [2.75, 3.05) is 6.61 Å². The van der Waals surface area contributed by atoms with Crippen LogP contribution in [0, 0.1) is 11.3 Å². The van der Waals surface area contributed by atoms with Crippen molar-refractivity contribution in [1.29, 1.82) is 5.26 Å². The smallest absolute Gasteiger partial charge is 0.173 e. The Balaban J connectivity index is 2.17. The molecule has 0 aromatic carbocycles. The molecule has 0 spiro atoms. The fraction of sp³-hybridized carbons (Fsp3) is 0.889. The summed E-state index contributed by atoms with van der Waals surface area (Å²) in [6.45, 7) is 3.42. The first kappa shape index (κ1) is 9.87. The van der Waals surface area contributed by atoms with Crippen LogP contribution in [0.2, 0.25) is 0 Å². The van der Waals surface area contributed by atoms with Crippen LogP contribution in [0.3, 0.4) is 0 Å². The quantitative estimate of drug-likeness (QED) is 0.632. The average Bonchev–Trinajstić information content (AvgIpc) is 2.57. The Morgan fingerprint density at radius 3 is 2.57 bits per heavy atom. The Labute approximate surface area is 82.2 Å². The van der Waals surface area contributed by atoms with Crippen LogP contribution in [-0.2, 0) is 14.2 Å². The number of nitrogens with zero attached hydrogens (tertiary/aromatic N) is 1. The number of fused-ring (bicyclic) bond motifs is 1. The van der Waals surface area contributed by atoms with Gasteiger partial charge in [-0.1, -0.05) is 0 Å². The Morgan fingerprint density at radius 1 is 1.36 bits per heavy atom. The maximum absolute atomic E-state index is 9.03. The van der Waals surface area contributed by atoms with Crippen LogP contribution in [0.15, 0.2) is 0 Å². The van der Waals surface area contributed by atoms with Crippen molar-refractivity contribution in [2.24, 2.45) is 0 Å². The van der Waals surface area contributed by atoms with Crippen molar-refractivity contribution >= 4 is 0 Å². The van der Waals surface area contributed by atoms with Crippen LogP contribution in [0.5, 0.6) is 0 Å². The van der Waals surface area contributed by atoms with E-state index in [0.29, 0.717) is 0 Å². The van der Waals surface area contributed by atoms with Crippen LogP contribution in [0.1, 0.15) is 13.8 Å². The topological polar surface area (TPSA) is 71.7 Å². The summed E-state index contributed by atoms with van der Waals surface area (Å²) in [5, 5.41) is 17.8. The van der Waals surface area contributed by atoms with Gasteiger partial charge in [-0.3, -0.25) is 0 Å². The number of hydrogen-bond acceptors (Lipinski definition) is 5. The molecule has 0 aliphatic carbocycles. The number of ether oxygens (including phenoxy) is 3. The molecule has 2 heterocycles. The van der Waals surface area contributed by atoms with Gasteiger partial charge in [-0.25, -0.2) is 0 Å². The Hall–Kier alpha value is -0.670. The van der Waals surface area contributed by atoms with E-state index in [-0.39, 0.29) is 18.8 Å². The minimum atomic E-state index is -0.693. The predicted octanol–water partition coefficient (Wildman–Crippen LogP) is -0.210. The lowest BCUT2D eigenvalue weighted by Gasteiger charge is -2.21. The van der Waals surface area contributed by atoms with Crippen molar-refractivity contribution in [3.63, 3.8) is 0 Å². The van der Waals surface area contributed by atoms with Gasteiger partial charge in [-0.2, -0.15) is 5.26 Å². The van der Waals surface area contributed by atoms with Crippen LogP contribution >= 0.6 is 0 Å². The van der Waals surface area contributed by atoms with E-state index in [9.17, 15) is 0 Å². The molecule has 0 radical (unpaired) electrons. The van der Waals surface area contributed by atoms with Crippen molar-refractivity contribution in [3.8, 4) is 6.07 Å². The van der Waals surface area contributed by atoms with Gasteiger partial charge in [0.25, 0.3) is 0 Å². The second-order valence-corrected chi connectivity index (χ2v) is 3.97. The third-order valence-electron chi connectivity index (χ3n) is 2.46. The standard InChI is InChI=1S/C9H13NO4/c1-9(2)13-7-5(3-10)12-6(4-11)8(7)14-9/h5-8,11H,4H2,1-2H3/t5-,6+,7?,8-/m0/s1. The summed E-state index contributed by atoms with van der Waals surface area (Å²) in [6.07, 6.45) is -1.81. The summed E-state index contributed by atoms with van der Waals surface area (Å²) in [4.78, 5) is 0. The second-order valence-electron chi connectivity index (χ2n) is 3.97. The molecule has 5 nitrogen and oxygen atoms in total. The summed E-state index contributed by atoms with van der Waals surface area (Å²) in [5.74, 6) is -0.693. The number of aliphatic hydroxyl groups excluding tert-OH is 1. The van der Waals surface area contributed by atoms with E-state index in [1.807, 2.05) is 6.07 Å². The van der Waals surface area contributed by atoms with Gasteiger partial charge in [0.15, 0.2) is 11.9 Å². The normalized spacial score (nSPS) is 44.7. The van der Waals surface area contributed by atoms with Gasteiger partial charge < -0.3 is 19.3 Å². The number of nitriles is 1. The first-order chi connectivity index (χ1) is 6.57. The molecule has 1 N–H and O–H groups in total. The molecular weight excluding hydrogens is 186 g/mol. The van der Waals surface area contributed by atoms with Gasteiger partial charge in [0, 0.05) is 0 Å². The fourth-order valence-electron chi connectivity index (χ4n) is 1.93. The van der Waals surface area contributed by atoms with Crippen LogP contribution in [0.4, 0.5) is 0 Å². The van der Waals surface area contributed by atoms with Gasteiger partial charge in [0.05, 0.1) is 12.7 Å². The van der Waals surface area contributed by atoms with Gasteiger partial charge >= 0.3 is 0 Å². The SMILES string of the molecule is CC1(C)OC2[C@H](C#N)O[C@H](CO)[C@@H]2O1. The molecule has 78 valence electrons. The van der Waals surface area contributed by atoms with Gasteiger partial charge in [0.2, 0.25) is 0 Å². The Kier molecular flexibility index (Phi) is 2.24. The van der Waals surface area contributed by atoms with Gasteiger partial charge in [0.1, 0.15) is 18.3 Å². The third-order valence-corrected chi connectivity index (χ3v) is 2.46. The highest BCUT2D eigenvalue weighted by Gasteiger charge is 2.55. The van der Waals surface area contributed by atoms with E-state index in [2.05, 4.69) is 0 Å². The summed E-state index contributed by atoms with van der Waals surface area (Å²) in [7, 11) is 0. The van der Waals surface area contributed by atoms with E-state index in [0.717, 1.165) is 0 Å². The highest BCUT2D eigenvalue weighted by Crippen LogP contribution is 2.38.